The van der Waals surface area contributed by atoms with E-state index in [1.54, 1.807) is 0 Å². The third kappa shape index (κ3) is 4.72. The zero-order chi connectivity index (χ0) is 35.6. The van der Waals surface area contributed by atoms with Gasteiger partial charge in [0.15, 0.2) is 0 Å². The molecule has 10 aromatic rings. The van der Waals surface area contributed by atoms with Gasteiger partial charge in [0, 0.05) is 51.5 Å². The maximum Gasteiger partial charge on any atom is 0.0547 e. The molecule has 8 aromatic carbocycles. The van der Waals surface area contributed by atoms with E-state index in [9.17, 15) is 0 Å². The van der Waals surface area contributed by atoms with E-state index >= 15 is 0 Å². The Balaban J connectivity index is 1.09. The molecule has 0 amide bonds. The molecule has 11 rings (SSSR count). The maximum atomic E-state index is 4.65. The molecule has 3 heteroatoms. The number of anilines is 3. The molecule has 0 saturated heterocycles. The first-order valence-corrected chi connectivity index (χ1v) is 18.5. The molecular formula is C51H33N3. The summed E-state index contributed by atoms with van der Waals surface area (Å²) in [6, 6.07) is 68.1. The van der Waals surface area contributed by atoms with Crippen LogP contribution >= 0.6 is 0 Å². The van der Waals surface area contributed by atoms with Crippen LogP contribution in [0.5, 0.6) is 0 Å². The summed E-state index contributed by atoms with van der Waals surface area (Å²) < 4.78 is 2.42. The molecule has 0 saturated carbocycles. The molecule has 2 heterocycles. The monoisotopic (exact) mass is 687 g/mol. The summed E-state index contributed by atoms with van der Waals surface area (Å²) in [7, 11) is 0. The van der Waals surface area contributed by atoms with Crippen LogP contribution in [0.15, 0.2) is 200 Å². The minimum atomic E-state index is 1.10. The molecule has 0 bridgehead atoms. The first-order valence-electron chi connectivity index (χ1n) is 18.5. The van der Waals surface area contributed by atoms with Gasteiger partial charge >= 0.3 is 0 Å². The number of hydrogen-bond donors (Lipinski definition) is 0. The normalized spacial score (nSPS) is 11.7. The lowest BCUT2D eigenvalue weighted by molar-refractivity contribution is 1.17. The van der Waals surface area contributed by atoms with Crippen LogP contribution in [0.2, 0.25) is 0 Å². The van der Waals surface area contributed by atoms with Crippen LogP contribution in [-0.4, -0.2) is 9.55 Å². The van der Waals surface area contributed by atoms with Crippen molar-refractivity contribution in [3.63, 3.8) is 0 Å². The number of nitrogens with zero attached hydrogens (tertiary/aromatic N) is 3. The molecule has 0 unspecified atom stereocenters. The topological polar surface area (TPSA) is 21.1 Å². The lowest BCUT2D eigenvalue weighted by Gasteiger charge is -2.26. The number of fused-ring (bicyclic) bond motifs is 8. The molecule has 1 aliphatic carbocycles. The molecular weight excluding hydrogens is 655 g/mol. The van der Waals surface area contributed by atoms with Crippen LogP contribution < -0.4 is 4.90 Å². The molecule has 54 heavy (non-hydrogen) atoms. The van der Waals surface area contributed by atoms with Gasteiger partial charge in [0.1, 0.15) is 0 Å². The van der Waals surface area contributed by atoms with Gasteiger partial charge in [-0.15, -0.1) is 0 Å². The molecule has 0 fully saturated rings. The van der Waals surface area contributed by atoms with Crippen molar-refractivity contribution >= 4 is 49.6 Å². The van der Waals surface area contributed by atoms with E-state index in [0.29, 0.717) is 0 Å². The Kier molecular flexibility index (Phi) is 6.86. The van der Waals surface area contributed by atoms with Crippen molar-refractivity contribution in [2.45, 2.75) is 0 Å². The van der Waals surface area contributed by atoms with Gasteiger partial charge in [0.2, 0.25) is 0 Å². The van der Waals surface area contributed by atoms with Crippen LogP contribution in [0.3, 0.4) is 0 Å². The first kappa shape index (κ1) is 30.4. The Morgan fingerprint density at radius 1 is 0.389 bits per heavy atom. The lowest BCUT2D eigenvalue weighted by atomic mass is 9.92. The Morgan fingerprint density at radius 3 is 1.76 bits per heavy atom. The van der Waals surface area contributed by atoms with Crippen molar-refractivity contribution in [3.8, 4) is 50.2 Å². The van der Waals surface area contributed by atoms with Gasteiger partial charge in [0.05, 0.1) is 11.0 Å². The third-order valence-corrected chi connectivity index (χ3v) is 11.0. The average Bonchev–Trinajstić information content (AvgIpc) is 3.51. The zero-order valence-electron chi connectivity index (χ0n) is 29.4. The molecule has 0 atom stereocenters. The Bertz CT molecular complexity index is 3010. The van der Waals surface area contributed by atoms with Crippen LogP contribution in [0.4, 0.5) is 17.1 Å². The summed E-state index contributed by atoms with van der Waals surface area (Å²) >= 11 is 0. The van der Waals surface area contributed by atoms with Crippen molar-refractivity contribution in [3.05, 3.63) is 200 Å². The highest BCUT2D eigenvalue weighted by Crippen LogP contribution is 2.49. The van der Waals surface area contributed by atoms with Gasteiger partial charge in [0.25, 0.3) is 0 Å². The predicted molar refractivity (Wildman–Crippen MR) is 226 cm³/mol. The number of pyridine rings is 1. The van der Waals surface area contributed by atoms with Gasteiger partial charge in [-0.25, -0.2) is 0 Å². The third-order valence-electron chi connectivity index (χ3n) is 11.0. The van der Waals surface area contributed by atoms with Crippen molar-refractivity contribution in [1.29, 1.82) is 0 Å². The standard InChI is InChI=1S/C51H33N3/c1-3-11-34(12-4-1)35-21-23-38(24-22-35)53(37-15-5-2-6-16-37)39-25-27-40(28-26-39)54-49-20-8-7-17-42(49)47-31-45-44-19-10-14-36-13-9-18-43(51(36)44)41-29-30-52-33-48(41)46(45)32-50(47)54/h1-33H. The first-order chi connectivity index (χ1) is 26.8. The quantitative estimate of drug-likeness (QED) is 0.180. The van der Waals surface area contributed by atoms with Gasteiger partial charge in [-0.2, -0.15) is 0 Å². The molecule has 0 radical (unpaired) electrons. The molecule has 3 nitrogen and oxygen atoms in total. The predicted octanol–water partition coefficient (Wildman–Crippen LogP) is 13.8. The van der Waals surface area contributed by atoms with Gasteiger partial charge in [-0.05, 0) is 123 Å². The molecule has 1 aliphatic rings. The summed E-state index contributed by atoms with van der Waals surface area (Å²) in [5.41, 5.74) is 16.5. The van der Waals surface area contributed by atoms with E-state index in [0.717, 1.165) is 28.3 Å². The van der Waals surface area contributed by atoms with Crippen LogP contribution in [-0.2, 0) is 0 Å². The second kappa shape index (κ2) is 12.2. The fourth-order valence-electron chi connectivity index (χ4n) is 8.58. The van der Waals surface area contributed by atoms with Crippen molar-refractivity contribution < 1.29 is 0 Å². The van der Waals surface area contributed by atoms with E-state index in [2.05, 4.69) is 203 Å². The largest absolute Gasteiger partial charge is 0.311 e. The van der Waals surface area contributed by atoms with Gasteiger partial charge in [-0.1, -0.05) is 115 Å². The van der Waals surface area contributed by atoms with Crippen LogP contribution in [0.1, 0.15) is 0 Å². The fraction of sp³-hybridized carbons (Fsp3) is 0. The number of para-hydroxylation sites is 2. The number of benzene rings is 8. The number of rotatable bonds is 5. The summed E-state index contributed by atoms with van der Waals surface area (Å²) in [5.74, 6) is 0. The maximum absolute atomic E-state index is 4.65. The van der Waals surface area contributed by atoms with E-state index < -0.39 is 0 Å². The van der Waals surface area contributed by atoms with Crippen molar-refractivity contribution in [2.75, 3.05) is 4.90 Å². The van der Waals surface area contributed by atoms with Gasteiger partial charge in [-0.3, -0.25) is 4.98 Å². The highest BCUT2D eigenvalue weighted by atomic mass is 15.1. The highest BCUT2D eigenvalue weighted by Gasteiger charge is 2.24. The molecule has 0 aliphatic heterocycles. The molecule has 2 aromatic heterocycles. The summed E-state index contributed by atoms with van der Waals surface area (Å²) in [6.45, 7) is 0. The summed E-state index contributed by atoms with van der Waals surface area (Å²) in [4.78, 5) is 6.98. The van der Waals surface area contributed by atoms with E-state index in [4.69, 9.17) is 0 Å². The highest BCUT2D eigenvalue weighted by molar-refractivity contribution is 6.18. The smallest absolute Gasteiger partial charge is 0.0547 e. The second-order valence-corrected chi connectivity index (χ2v) is 14.0. The van der Waals surface area contributed by atoms with Crippen LogP contribution in [0.25, 0.3) is 82.8 Å². The Morgan fingerprint density at radius 2 is 1.00 bits per heavy atom. The SMILES string of the molecule is c1ccc(-c2ccc(N(c3ccccc3)c3ccc(-n4c5ccccc5c5cc6c(cc54)-c4cnccc4-c4cccc5cccc-6c45)cc3)cc2)cc1. The average molecular weight is 688 g/mol. The Hall–Kier alpha value is -7.23. The summed E-state index contributed by atoms with van der Waals surface area (Å²) in [6.07, 6.45) is 3.95. The molecule has 252 valence electrons. The fourth-order valence-corrected chi connectivity index (χ4v) is 8.58. The van der Waals surface area contributed by atoms with E-state index in [1.807, 2.05) is 12.4 Å². The minimum Gasteiger partial charge on any atom is -0.311 e. The number of aromatic nitrogens is 2. The molecule has 0 N–H and O–H groups in total. The summed E-state index contributed by atoms with van der Waals surface area (Å²) in [5, 5.41) is 5.02. The van der Waals surface area contributed by atoms with E-state index in [1.165, 1.54) is 71.5 Å². The van der Waals surface area contributed by atoms with Crippen molar-refractivity contribution in [2.24, 2.45) is 0 Å². The zero-order valence-corrected chi connectivity index (χ0v) is 29.4. The van der Waals surface area contributed by atoms with Crippen molar-refractivity contribution in [1.82, 2.24) is 9.55 Å². The number of hydrogen-bond acceptors (Lipinski definition) is 2. The second-order valence-electron chi connectivity index (χ2n) is 14.0. The molecule has 0 spiro atoms. The van der Waals surface area contributed by atoms with E-state index in [-0.39, 0.29) is 0 Å². The van der Waals surface area contributed by atoms with Crippen LogP contribution in [0, 0.1) is 0 Å². The minimum absolute atomic E-state index is 1.10. The Labute approximate surface area is 313 Å². The van der Waals surface area contributed by atoms with Gasteiger partial charge < -0.3 is 9.47 Å². The lowest BCUT2D eigenvalue weighted by Crippen LogP contribution is -2.10.